The van der Waals surface area contributed by atoms with Gasteiger partial charge in [-0.2, -0.15) is 5.10 Å². The Hall–Kier alpha value is -3.15. The van der Waals surface area contributed by atoms with Crippen LogP contribution >= 0.6 is 11.6 Å². The Kier molecular flexibility index (Phi) is 7.25. The molecule has 7 nitrogen and oxygen atoms in total. The summed E-state index contributed by atoms with van der Waals surface area (Å²) in [6.07, 6.45) is 0. The Morgan fingerprint density at radius 3 is 2.47 bits per heavy atom. The number of anilines is 1. The van der Waals surface area contributed by atoms with Gasteiger partial charge in [-0.15, -0.1) is 0 Å². The molecule has 0 atom stereocenters. The zero-order valence-corrected chi connectivity index (χ0v) is 21.8. The number of ether oxygens (including phenoxy) is 2. The number of carbonyl (C=O) groups excluding carboxylic acids is 1. The molecule has 12 heteroatoms. The number of hydrogen-bond acceptors (Lipinski definition) is 6. The van der Waals surface area contributed by atoms with E-state index in [1.54, 1.807) is 0 Å². The first-order valence-electron chi connectivity index (χ1n) is 11.1. The molecule has 0 radical (unpaired) electrons. The number of methoxy groups -OCH3 is 1. The maximum atomic E-state index is 14.9. The molecule has 1 aromatic heterocycles. The highest BCUT2D eigenvalue weighted by molar-refractivity contribution is 6.76. The van der Waals surface area contributed by atoms with Gasteiger partial charge in [0.2, 0.25) is 0 Å². The van der Waals surface area contributed by atoms with E-state index in [-0.39, 0.29) is 45.9 Å². The lowest BCUT2D eigenvalue weighted by molar-refractivity contribution is 0.0595. The molecule has 0 aliphatic carbocycles. The van der Waals surface area contributed by atoms with Crippen LogP contribution in [0.4, 0.5) is 24.5 Å². The van der Waals surface area contributed by atoms with Gasteiger partial charge in [-0.05, 0) is 30.3 Å². The molecular formula is C24H24ClF3N4O3Si. The molecule has 1 aliphatic rings. The Labute approximate surface area is 211 Å². The van der Waals surface area contributed by atoms with Crippen molar-refractivity contribution in [1.82, 2.24) is 9.78 Å². The van der Waals surface area contributed by atoms with Gasteiger partial charge in [-0.25, -0.2) is 27.6 Å². The summed E-state index contributed by atoms with van der Waals surface area (Å²) < 4.78 is 56.1. The summed E-state index contributed by atoms with van der Waals surface area (Å²) >= 11 is 6.41. The number of carbonyl (C=O) groups is 1. The van der Waals surface area contributed by atoms with Crippen LogP contribution in [0.3, 0.4) is 0 Å². The van der Waals surface area contributed by atoms with Gasteiger partial charge < -0.3 is 14.8 Å². The van der Waals surface area contributed by atoms with Gasteiger partial charge in [0.1, 0.15) is 41.4 Å². The van der Waals surface area contributed by atoms with Gasteiger partial charge in [-0.1, -0.05) is 37.3 Å². The van der Waals surface area contributed by atoms with Gasteiger partial charge in [0, 0.05) is 20.2 Å². The van der Waals surface area contributed by atoms with Crippen molar-refractivity contribution in [3.63, 3.8) is 0 Å². The van der Waals surface area contributed by atoms with E-state index in [0.717, 1.165) is 31.4 Å². The zero-order valence-electron chi connectivity index (χ0n) is 20.1. The van der Waals surface area contributed by atoms with E-state index in [4.69, 9.17) is 21.1 Å². The van der Waals surface area contributed by atoms with Crippen molar-refractivity contribution in [2.45, 2.75) is 32.4 Å². The molecule has 3 aromatic rings. The molecule has 2 aromatic carbocycles. The van der Waals surface area contributed by atoms with E-state index in [1.807, 2.05) is 0 Å². The molecule has 1 aliphatic heterocycles. The number of aromatic nitrogens is 2. The Balaban J connectivity index is 1.89. The second kappa shape index (κ2) is 10.1. The number of esters is 1. The standard InChI is InChI=1S/C24H24ClF3N4O3Si/c1-34-24(33)13-10-14-18(11-17(13)28)29-23(19-15(26)6-5-7-16(19)27)30-20-21(14)32(31-22(20)25)12-35-8-9-36(2,3)4/h5-7,10-11H,8-9,12H2,1-4H3,(H,29,30). The molecule has 2 heterocycles. The fourth-order valence-electron chi connectivity index (χ4n) is 3.66. The number of rotatable bonds is 7. The lowest BCUT2D eigenvalue weighted by Gasteiger charge is -2.17. The highest BCUT2D eigenvalue weighted by atomic mass is 35.5. The van der Waals surface area contributed by atoms with Gasteiger partial charge in [0.05, 0.1) is 23.9 Å². The molecule has 4 rings (SSSR count). The number of benzene rings is 2. The van der Waals surface area contributed by atoms with Crippen LogP contribution in [0.5, 0.6) is 0 Å². The number of nitrogens with zero attached hydrogens (tertiary/aromatic N) is 3. The van der Waals surface area contributed by atoms with Crippen LogP contribution in [0.1, 0.15) is 15.9 Å². The van der Waals surface area contributed by atoms with E-state index < -0.39 is 37.1 Å². The molecule has 0 fully saturated rings. The second-order valence-electron chi connectivity index (χ2n) is 9.39. The van der Waals surface area contributed by atoms with Crippen molar-refractivity contribution in [2.75, 3.05) is 19.0 Å². The van der Waals surface area contributed by atoms with E-state index in [0.29, 0.717) is 6.61 Å². The highest BCUT2D eigenvalue weighted by Gasteiger charge is 2.29. The van der Waals surface area contributed by atoms with Crippen LogP contribution in [0.25, 0.3) is 11.3 Å². The van der Waals surface area contributed by atoms with Crippen LogP contribution in [-0.4, -0.2) is 43.4 Å². The SMILES string of the molecule is COC(=O)c1cc2c(cc1F)NC(c1c(F)cccc1F)=Nc1c(Cl)nn(COCC[Si](C)(C)C)c1-2. The molecule has 1 N–H and O–H groups in total. The first kappa shape index (κ1) is 25.9. The molecular weight excluding hydrogens is 513 g/mol. The summed E-state index contributed by atoms with van der Waals surface area (Å²) in [6, 6.07) is 6.57. The van der Waals surface area contributed by atoms with Crippen LogP contribution in [0.15, 0.2) is 35.3 Å². The average molecular weight is 537 g/mol. The van der Waals surface area contributed by atoms with Crippen LogP contribution in [0, 0.1) is 17.5 Å². The third-order valence-electron chi connectivity index (χ3n) is 5.54. The number of nitrogens with one attached hydrogen (secondary N) is 1. The van der Waals surface area contributed by atoms with E-state index in [1.165, 1.54) is 16.8 Å². The van der Waals surface area contributed by atoms with Crippen molar-refractivity contribution in [3.8, 4) is 11.3 Å². The number of hydrogen-bond donors (Lipinski definition) is 1. The van der Waals surface area contributed by atoms with E-state index >= 15 is 0 Å². The van der Waals surface area contributed by atoms with Gasteiger partial charge in [-0.3, -0.25) is 0 Å². The topological polar surface area (TPSA) is 77.7 Å². The monoisotopic (exact) mass is 536 g/mol. The number of amidine groups is 1. The Bertz CT molecular complexity index is 1350. The highest BCUT2D eigenvalue weighted by Crippen LogP contribution is 2.43. The van der Waals surface area contributed by atoms with E-state index in [9.17, 15) is 18.0 Å². The van der Waals surface area contributed by atoms with Gasteiger partial charge in [0.15, 0.2) is 5.15 Å². The largest absolute Gasteiger partial charge is 0.465 e. The predicted octanol–water partition coefficient (Wildman–Crippen LogP) is 6.22. The lowest BCUT2D eigenvalue weighted by atomic mass is 10.0. The Morgan fingerprint density at radius 2 is 1.83 bits per heavy atom. The fraction of sp³-hybridized carbons (Fsp3) is 0.292. The quantitative estimate of drug-likeness (QED) is 0.220. The summed E-state index contributed by atoms with van der Waals surface area (Å²) in [5.74, 6) is -3.79. The third-order valence-corrected chi connectivity index (χ3v) is 7.50. The van der Waals surface area contributed by atoms with E-state index in [2.05, 4.69) is 35.0 Å². The first-order chi connectivity index (χ1) is 17.0. The maximum absolute atomic E-state index is 14.9. The van der Waals surface area contributed by atoms with Crippen molar-refractivity contribution in [1.29, 1.82) is 0 Å². The average Bonchev–Trinajstić information content (AvgIpc) is 3.00. The number of halogens is 4. The van der Waals surface area contributed by atoms with Crippen LogP contribution in [-0.2, 0) is 16.2 Å². The second-order valence-corrected chi connectivity index (χ2v) is 15.4. The van der Waals surface area contributed by atoms with Crippen molar-refractivity contribution in [2.24, 2.45) is 4.99 Å². The molecule has 36 heavy (non-hydrogen) atoms. The van der Waals surface area contributed by atoms with Crippen molar-refractivity contribution in [3.05, 3.63) is 64.1 Å². The molecule has 0 bridgehead atoms. The minimum absolute atomic E-state index is 0.0111. The summed E-state index contributed by atoms with van der Waals surface area (Å²) in [5, 5.41) is 7.03. The number of fused-ring (bicyclic) bond motifs is 3. The minimum atomic E-state index is -1.35. The maximum Gasteiger partial charge on any atom is 0.340 e. The summed E-state index contributed by atoms with van der Waals surface area (Å²) in [6.45, 7) is 7.13. The molecule has 190 valence electrons. The number of aliphatic imine (C=N–C) groups is 1. The van der Waals surface area contributed by atoms with Gasteiger partial charge >= 0.3 is 5.97 Å². The molecule has 0 amide bonds. The minimum Gasteiger partial charge on any atom is -0.465 e. The van der Waals surface area contributed by atoms with Crippen molar-refractivity contribution >= 4 is 42.9 Å². The van der Waals surface area contributed by atoms with Gasteiger partial charge in [0.25, 0.3) is 0 Å². The summed E-state index contributed by atoms with van der Waals surface area (Å²) in [5.41, 5.74) is -0.0584. The normalized spacial score (nSPS) is 12.8. The lowest BCUT2D eigenvalue weighted by Crippen LogP contribution is -2.22. The predicted molar refractivity (Wildman–Crippen MR) is 134 cm³/mol. The first-order valence-corrected chi connectivity index (χ1v) is 15.1. The molecule has 0 unspecified atom stereocenters. The smallest absolute Gasteiger partial charge is 0.340 e. The van der Waals surface area contributed by atoms with Crippen LogP contribution < -0.4 is 5.32 Å². The van der Waals surface area contributed by atoms with Crippen LogP contribution in [0.2, 0.25) is 30.8 Å². The zero-order chi connectivity index (χ0) is 26.2. The summed E-state index contributed by atoms with van der Waals surface area (Å²) in [7, 11) is -0.217. The Morgan fingerprint density at radius 1 is 1.14 bits per heavy atom. The fourth-order valence-corrected chi connectivity index (χ4v) is 4.64. The van der Waals surface area contributed by atoms with Crippen molar-refractivity contribution < 1.29 is 27.4 Å². The molecule has 0 saturated heterocycles. The summed E-state index contributed by atoms with van der Waals surface area (Å²) in [4.78, 5) is 16.6. The molecule has 0 saturated carbocycles. The molecule has 0 spiro atoms. The third kappa shape index (κ3) is 5.18.